The molecule has 2 N–H and O–H groups in total. The average molecular weight is 462 g/mol. The van der Waals surface area contributed by atoms with Crippen molar-refractivity contribution in [2.45, 2.75) is 46.2 Å². The van der Waals surface area contributed by atoms with E-state index in [2.05, 4.69) is 15.6 Å². The molecule has 34 heavy (non-hydrogen) atoms. The van der Waals surface area contributed by atoms with E-state index in [1.807, 2.05) is 44.6 Å². The Morgan fingerprint density at radius 1 is 1.18 bits per heavy atom. The van der Waals surface area contributed by atoms with Gasteiger partial charge in [0.25, 0.3) is 11.8 Å². The van der Waals surface area contributed by atoms with Crippen molar-refractivity contribution in [2.24, 2.45) is 7.05 Å². The summed E-state index contributed by atoms with van der Waals surface area (Å²) < 4.78 is 1.91. The van der Waals surface area contributed by atoms with Crippen LogP contribution in [0.15, 0.2) is 36.7 Å². The number of hydrogen-bond donors (Lipinski definition) is 2. The van der Waals surface area contributed by atoms with Gasteiger partial charge in [-0.2, -0.15) is 0 Å². The summed E-state index contributed by atoms with van der Waals surface area (Å²) in [4.78, 5) is 55.1. The first-order chi connectivity index (χ1) is 16.3. The second-order valence-electron chi connectivity index (χ2n) is 8.24. The number of anilines is 1. The number of nitrogens with zero attached hydrogens (tertiary/aromatic N) is 3. The Kier molecular flexibility index (Phi) is 6.19. The van der Waals surface area contributed by atoms with Gasteiger partial charge >= 0.3 is 0 Å². The number of aromatic nitrogens is 2. The van der Waals surface area contributed by atoms with Crippen LogP contribution in [0.25, 0.3) is 11.0 Å². The fraction of sp³-hybridized carbons (Fsp3) is 0.320. The van der Waals surface area contributed by atoms with Crippen molar-refractivity contribution >= 4 is 40.3 Å². The normalized spacial score (nSPS) is 17.2. The highest BCUT2D eigenvalue weighted by molar-refractivity contribution is 6.07. The van der Waals surface area contributed by atoms with Crippen LogP contribution < -0.4 is 10.6 Å². The Balaban J connectivity index is 0.00000133. The summed E-state index contributed by atoms with van der Waals surface area (Å²) in [5.74, 6) is -1.32. The lowest BCUT2D eigenvalue weighted by Gasteiger charge is -2.29. The van der Waals surface area contributed by atoms with Gasteiger partial charge in [0.1, 0.15) is 11.7 Å². The molecule has 1 fully saturated rings. The molecule has 4 heterocycles. The zero-order valence-electron chi connectivity index (χ0n) is 19.6. The predicted octanol–water partition coefficient (Wildman–Crippen LogP) is 2.92. The third-order valence-corrected chi connectivity index (χ3v) is 6.06. The number of imide groups is 1. The second kappa shape index (κ2) is 9.09. The van der Waals surface area contributed by atoms with Crippen molar-refractivity contribution in [3.63, 3.8) is 0 Å². The third-order valence-electron chi connectivity index (χ3n) is 6.06. The summed E-state index contributed by atoms with van der Waals surface area (Å²) in [6.45, 7) is 6.22. The van der Waals surface area contributed by atoms with Crippen LogP contribution in [-0.4, -0.2) is 44.1 Å². The number of carbonyl (C=O) groups is 4. The smallest absolute Gasteiger partial charge is 0.257 e. The fourth-order valence-electron chi connectivity index (χ4n) is 4.43. The number of hydrogen-bond acceptors (Lipinski definition) is 5. The van der Waals surface area contributed by atoms with E-state index < -0.39 is 11.9 Å². The molecule has 9 nitrogen and oxygen atoms in total. The molecule has 2 aliphatic rings. The Morgan fingerprint density at radius 2 is 1.94 bits per heavy atom. The Bertz CT molecular complexity index is 1330. The van der Waals surface area contributed by atoms with Crippen molar-refractivity contribution in [1.29, 1.82) is 0 Å². The van der Waals surface area contributed by atoms with E-state index in [-0.39, 0.29) is 30.7 Å². The largest absolute Gasteiger partial charge is 0.335 e. The lowest BCUT2D eigenvalue weighted by Crippen LogP contribution is -2.52. The quantitative estimate of drug-likeness (QED) is 0.582. The lowest BCUT2D eigenvalue weighted by molar-refractivity contribution is -0.136. The van der Waals surface area contributed by atoms with Gasteiger partial charge < -0.3 is 14.8 Å². The van der Waals surface area contributed by atoms with E-state index >= 15 is 0 Å². The molecule has 1 atom stereocenters. The van der Waals surface area contributed by atoms with Crippen LogP contribution in [0.4, 0.5) is 5.69 Å². The first kappa shape index (κ1) is 23.2. The molecule has 176 valence electrons. The number of fused-ring (bicyclic) bond motifs is 2. The maximum Gasteiger partial charge on any atom is 0.257 e. The Morgan fingerprint density at radius 3 is 2.68 bits per heavy atom. The van der Waals surface area contributed by atoms with Crippen LogP contribution in [0, 0.1) is 6.92 Å². The molecule has 1 aromatic carbocycles. The van der Waals surface area contributed by atoms with Crippen LogP contribution in [0.5, 0.6) is 0 Å². The molecular weight excluding hydrogens is 434 g/mol. The number of nitrogens with one attached hydrogen (secondary N) is 2. The van der Waals surface area contributed by atoms with Crippen molar-refractivity contribution in [3.8, 4) is 0 Å². The van der Waals surface area contributed by atoms with Crippen molar-refractivity contribution in [1.82, 2.24) is 19.8 Å². The predicted molar refractivity (Wildman–Crippen MR) is 127 cm³/mol. The van der Waals surface area contributed by atoms with Crippen molar-refractivity contribution in [2.75, 3.05) is 5.32 Å². The molecule has 9 heteroatoms. The van der Waals surface area contributed by atoms with Crippen LogP contribution >= 0.6 is 0 Å². The van der Waals surface area contributed by atoms with Gasteiger partial charge in [-0.05, 0) is 48.7 Å². The Hall–Kier alpha value is -4.01. The molecule has 5 rings (SSSR count). The van der Waals surface area contributed by atoms with Gasteiger partial charge in [-0.15, -0.1) is 0 Å². The molecule has 2 aromatic heterocycles. The maximum absolute atomic E-state index is 12.8. The summed E-state index contributed by atoms with van der Waals surface area (Å²) in [7, 11) is 1.91. The standard InChI is InChI=1S/C23H21N5O4.C2H6/c1-12-10-27(2)20-17(12)8-13(9-24-20)21(30)25-15-3-4-16-14(7-15)11-28(23(16)32)18-5-6-19(29)26-22(18)31;1-2/h3-4,7-10,18H,5-6,11H2,1-2H3,(H,25,30)(H,26,29,31);1-2H3. The Labute approximate surface area is 197 Å². The van der Waals surface area contributed by atoms with E-state index in [0.29, 0.717) is 23.2 Å². The van der Waals surface area contributed by atoms with Crippen molar-refractivity contribution in [3.05, 3.63) is 58.9 Å². The molecule has 4 amide bonds. The number of aryl methyl sites for hydroxylation is 2. The zero-order chi connectivity index (χ0) is 24.6. The molecule has 0 aliphatic carbocycles. The molecule has 0 spiro atoms. The molecule has 2 aliphatic heterocycles. The highest BCUT2D eigenvalue weighted by Crippen LogP contribution is 2.29. The third kappa shape index (κ3) is 4.05. The van der Waals surface area contributed by atoms with Crippen LogP contribution in [0.2, 0.25) is 0 Å². The van der Waals surface area contributed by atoms with Gasteiger partial charge in [-0.1, -0.05) is 13.8 Å². The summed E-state index contributed by atoms with van der Waals surface area (Å²) >= 11 is 0. The van der Waals surface area contributed by atoms with E-state index in [1.165, 1.54) is 4.90 Å². The molecule has 0 bridgehead atoms. The van der Waals surface area contributed by atoms with Crippen LogP contribution in [0.3, 0.4) is 0 Å². The number of carbonyl (C=O) groups excluding carboxylic acids is 4. The summed E-state index contributed by atoms with van der Waals surface area (Å²) in [6, 6.07) is 6.22. The summed E-state index contributed by atoms with van der Waals surface area (Å²) in [5, 5.41) is 6.07. The summed E-state index contributed by atoms with van der Waals surface area (Å²) in [6.07, 6.45) is 4.02. The first-order valence-electron chi connectivity index (χ1n) is 11.3. The molecule has 0 radical (unpaired) electrons. The molecule has 1 saturated heterocycles. The van der Waals surface area contributed by atoms with Gasteiger partial charge in [0.15, 0.2) is 0 Å². The zero-order valence-corrected chi connectivity index (χ0v) is 19.6. The minimum absolute atomic E-state index is 0.205. The number of piperidine rings is 1. The van der Waals surface area contributed by atoms with Gasteiger partial charge in [0.2, 0.25) is 11.8 Å². The number of benzene rings is 1. The topological polar surface area (TPSA) is 113 Å². The van der Waals surface area contributed by atoms with E-state index in [4.69, 9.17) is 0 Å². The number of rotatable bonds is 3. The minimum Gasteiger partial charge on any atom is -0.335 e. The van der Waals surface area contributed by atoms with Gasteiger partial charge in [0.05, 0.1) is 5.56 Å². The van der Waals surface area contributed by atoms with Crippen LogP contribution in [-0.2, 0) is 23.2 Å². The SMILES string of the molecule is CC.Cc1cn(C)c2ncc(C(=O)Nc3ccc4c(c3)CN(C3CCC(=O)NC3=O)C4=O)cc12. The first-order valence-corrected chi connectivity index (χ1v) is 11.3. The molecular formula is C25H27N5O4. The fourth-order valence-corrected chi connectivity index (χ4v) is 4.43. The monoisotopic (exact) mass is 461 g/mol. The van der Waals surface area contributed by atoms with Gasteiger partial charge in [0, 0.05) is 49.0 Å². The molecule has 0 saturated carbocycles. The average Bonchev–Trinajstić information content (AvgIpc) is 3.30. The van der Waals surface area contributed by atoms with E-state index in [0.717, 1.165) is 22.2 Å². The second-order valence-corrected chi connectivity index (χ2v) is 8.24. The highest BCUT2D eigenvalue weighted by Gasteiger charge is 2.39. The van der Waals surface area contributed by atoms with E-state index in [9.17, 15) is 19.2 Å². The van der Waals surface area contributed by atoms with Gasteiger partial charge in [-0.3, -0.25) is 24.5 Å². The van der Waals surface area contributed by atoms with Gasteiger partial charge in [-0.25, -0.2) is 4.98 Å². The highest BCUT2D eigenvalue weighted by atomic mass is 16.2. The number of amides is 4. The summed E-state index contributed by atoms with van der Waals surface area (Å²) in [5.41, 5.74) is 4.06. The molecule has 3 aromatic rings. The van der Waals surface area contributed by atoms with Crippen molar-refractivity contribution < 1.29 is 19.2 Å². The molecule has 1 unspecified atom stereocenters. The van der Waals surface area contributed by atoms with E-state index in [1.54, 1.807) is 24.4 Å². The maximum atomic E-state index is 12.8. The number of pyridine rings is 1. The lowest BCUT2D eigenvalue weighted by atomic mass is 10.0. The van der Waals surface area contributed by atoms with Crippen LogP contribution in [0.1, 0.15) is 58.5 Å². The minimum atomic E-state index is -0.669.